The van der Waals surface area contributed by atoms with Crippen LogP contribution in [0, 0.1) is 0 Å². The van der Waals surface area contributed by atoms with Gasteiger partial charge in [-0.2, -0.15) is 0 Å². The van der Waals surface area contributed by atoms with E-state index in [0.29, 0.717) is 18.2 Å². The van der Waals surface area contributed by atoms with Crippen LogP contribution in [0.3, 0.4) is 0 Å². The Hall–Kier alpha value is -0.120. The quantitative estimate of drug-likeness (QED) is 0.650. The summed E-state index contributed by atoms with van der Waals surface area (Å²) in [5.74, 6) is 0. The average molecular weight is 185 g/mol. The van der Waals surface area contributed by atoms with Gasteiger partial charge in [0.05, 0.1) is 18.3 Å². The Morgan fingerprint density at radius 3 is 2.15 bits per heavy atom. The molecule has 0 bridgehead atoms. The van der Waals surface area contributed by atoms with Gasteiger partial charge in [-0.1, -0.05) is 0 Å². The van der Waals surface area contributed by atoms with Crippen molar-refractivity contribution in [1.29, 1.82) is 0 Å². The van der Waals surface area contributed by atoms with Gasteiger partial charge in [-0.15, -0.1) is 0 Å². The third kappa shape index (κ3) is 1.87. The zero-order valence-corrected chi connectivity index (χ0v) is 8.44. The van der Waals surface area contributed by atoms with Crippen LogP contribution in [-0.2, 0) is 4.74 Å². The first kappa shape index (κ1) is 9.44. The van der Waals surface area contributed by atoms with E-state index in [-0.39, 0.29) is 6.10 Å². The molecule has 0 spiro atoms. The number of hydrogen-bond acceptors (Lipinski definition) is 3. The third-order valence-corrected chi connectivity index (χ3v) is 3.12. The third-order valence-electron chi connectivity index (χ3n) is 3.12. The maximum atomic E-state index is 9.55. The SMILES string of the molecule is CC1CN(C2CCC2O)CC(C)O1. The number of nitrogens with zero attached hydrogens (tertiary/aromatic N) is 1. The molecule has 0 aromatic rings. The van der Waals surface area contributed by atoms with Crippen LogP contribution in [0.15, 0.2) is 0 Å². The molecule has 2 fully saturated rings. The fraction of sp³-hybridized carbons (Fsp3) is 1.00. The van der Waals surface area contributed by atoms with Crippen molar-refractivity contribution in [2.24, 2.45) is 0 Å². The van der Waals surface area contributed by atoms with Crippen LogP contribution in [0.2, 0.25) is 0 Å². The molecule has 2 aliphatic rings. The summed E-state index contributed by atoms with van der Waals surface area (Å²) in [4.78, 5) is 2.38. The summed E-state index contributed by atoms with van der Waals surface area (Å²) in [5, 5.41) is 9.55. The smallest absolute Gasteiger partial charge is 0.0696 e. The van der Waals surface area contributed by atoms with E-state index in [9.17, 15) is 5.11 Å². The van der Waals surface area contributed by atoms with Crippen LogP contribution in [0.25, 0.3) is 0 Å². The summed E-state index contributed by atoms with van der Waals surface area (Å²) in [6, 6.07) is 0.411. The second kappa shape index (κ2) is 3.56. The zero-order chi connectivity index (χ0) is 9.42. The Balaban J connectivity index is 1.91. The van der Waals surface area contributed by atoms with Gasteiger partial charge in [0, 0.05) is 19.1 Å². The van der Waals surface area contributed by atoms with Crippen LogP contribution in [0.1, 0.15) is 26.7 Å². The van der Waals surface area contributed by atoms with E-state index < -0.39 is 0 Å². The highest BCUT2D eigenvalue weighted by Crippen LogP contribution is 2.27. The standard InChI is InChI=1S/C10H19NO2/c1-7-5-11(6-8(2)13-7)9-3-4-10(9)12/h7-10,12H,3-6H2,1-2H3. The monoisotopic (exact) mass is 185 g/mol. The molecule has 0 amide bonds. The molecule has 76 valence electrons. The van der Waals surface area contributed by atoms with E-state index in [1.807, 2.05) is 0 Å². The molecular formula is C10H19NO2. The Bertz CT molecular complexity index is 176. The molecule has 0 radical (unpaired) electrons. The van der Waals surface area contributed by atoms with E-state index in [2.05, 4.69) is 18.7 Å². The highest BCUT2D eigenvalue weighted by Gasteiger charge is 2.37. The van der Waals surface area contributed by atoms with Crippen molar-refractivity contribution in [3.05, 3.63) is 0 Å². The average Bonchev–Trinajstić information content (AvgIpc) is 1.99. The molecule has 4 unspecified atom stereocenters. The van der Waals surface area contributed by atoms with Gasteiger partial charge in [0.15, 0.2) is 0 Å². The normalized spacial score (nSPS) is 47.3. The maximum absolute atomic E-state index is 9.55. The van der Waals surface area contributed by atoms with Crippen molar-refractivity contribution in [3.8, 4) is 0 Å². The molecule has 0 aromatic heterocycles. The van der Waals surface area contributed by atoms with Gasteiger partial charge in [-0.3, -0.25) is 4.90 Å². The van der Waals surface area contributed by atoms with Crippen LogP contribution >= 0.6 is 0 Å². The van der Waals surface area contributed by atoms with E-state index >= 15 is 0 Å². The molecule has 13 heavy (non-hydrogen) atoms. The van der Waals surface area contributed by atoms with Crippen molar-refractivity contribution < 1.29 is 9.84 Å². The number of morpholine rings is 1. The lowest BCUT2D eigenvalue weighted by molar-refractivity contribution is -0.116. The van der Waals surface area contributed by atoms with Crippen molar-refractivity contribution in [3.63, 3.8) is 0 Å². The largest absolute Gasteiger partial charge is 0.391 e. The van der Waals surface area contributed by atoms with Gasteiger partial charge in [0.1, 0.15) is 0 Å². The molecule has 1 N–H and O–H groups in total. The zero-order valence-electron chi connectivity index (χ0n) is 8.44. The fourth-order valence-corrected chi connectivity index (χ4v) is 2.38. The van der Waals surface area contributed by atoms with Crippen molar-refractivity contribution >= 4 is 0 Å². The summed E-state index contributed by atoms with van der Waals surface area (Å²) in [6.45, 7) is 6.17. The Morgan fingerprint density at radius 2 is 1.77 bits per heavy atom. The van der Waals surface area contributed by atoms with Gasteiger partial charge < -0.3 is 9.84 Å². The fourth-order valence-electron chi connectivity index (χ4n) is 2.38. The lowest BCUT2D eigenvalue weighted by Crippen LogP contribution is -2.57. The van der Waals surface area contributed by atoms with Gasteiger partial charge in [0.2, 0.25) is 0 Å². The Kier molecular flexibility index (Phi) is 2.58. The molecular weight excluding hydrogens is 166 g/mol. The van der Waals surface area contributed by atoms with Crippen LogP contribution < -0.4 is 0 Å². The number of aliphatic hydroxyl groups excluding tert-OH is 1. The van der Waals surface area contributed by atoms with Crippen molar-refractivity contribution in [2.75, 3.05) is 13.1 Å². The molecule has 1 saturated carbocycles. The highest BCUT2D eigenvalue weighted by atomic mass is 16.5. The van der Waals surface area contributed by atoms with Crippen molar-refractivity contribution in [2.45, 2.75) is 51.0 Å². The maximum Gasteiger partial charge on any atom is 0.0696 e. The molecule has 1 aliphatic carbocycles. The summed E-state index contributed by atoms with van der Waals surface area (Å²) in [5.41, 5.74) is 0. The van der Waals surface area contributed by atoms with Gasteiger partial charge >= 0.3 is 0 Å². The summed E-state index contributed by atoms with van der Waals surface area (Å²) in [7, 11) is 0. The predicted molar refractivity (Wildman–Crippen MR) is 50.6 cm³/mol. The molecule has 0 aromatic carbocycles. The van der Waals surface area contributed by atoms with Crippen LogP contribution in [-0.4, -0.2) is 47.4 Å². The molecule has 1 saturated heterocycles. The second-order valence-electron chi connectivity index (χ2n) is 4.42. The van der Waals surface area contributed by atoms with Crippen LogP contribution in [0.5, 0.6) is 0 Å². The van der Waals surface area contributed by atoms with Crippen LogP contribution in [0.4, 0.5) is 0 Å². The molecule has 3 heteroatoms. The lowest BCUT2D eigenvalue weighted by atomic mass is 9.87. The second-order valence-corrected chi connectivity index (χ2v) is 4.42. The van der Waals surface area contributed by atoms with E-state index in [1.165, 1.54) is 0 Å². The number of aliphatic hydroxyl groups is 1. The minimum atomic E-state index is -0.0856. The lowest BCUT2D eigenvalue weighted by Gasteiger charge is -2.46. The van der Waals surface area contributed by atoms with E-state index in [4.69, 9.17) is 4.74 Å². The minimum absolute atomic E-state index is 0.0856. The van der Waals surface area contributed by atoms with Gasteiger partial charge in [-0.05, 0) is 26.7 Å². The van der Waals surface area contributed by atoms with E-state index in [1.54, 1.807) is 0 Å². The summed E-state index contributed by atoms with van der Waals surface area (Å²) in [6.07, 6.45) is 2.68. The van der Waals surface area contributed by atoms with Gasteiger partial charge in [-0.25, -0.2) is 0 Å². The topological polar surface area (TPSA) is 32.7 Å². The number of hydrogen-bond donors (Lipinski definition) is 1. The van der Waals surface area contributed by atoms with Crippen molar-refractivity contribution in [1.82, 2.24) is 4.90 Å². The first-order valence-electron chi connectivity index (χ1n) is 5.24. The summed E-state index contributed by atoms with van der Waals surface area (Å²) >= 11 is 0. The molecule has 2 rings (SSSR count). The summed E-state index contributed by atoms with van der Waals surface area (Å²) < 4.78 is 5.65. The highest BCUT2D eigenvalue weighted by molar-refractivity contribution is 4.91. The Labute approximate surface area is 79.7 Å². The molecule has 1 aliphatic heterocycles. The predicted octanol–water partition coefficient (Wildman–Crippen LogP) is 0.619. The first-order valence-corrected chi connectivity index (χ1v) is 5.24. The molecule has 4 atom stereocenters. The first-order chi connectivity index (χ1) is 6.16. The van der Waals surface area contributed by atoms with Gasteiger partial charge in [0.25, 0.3) is 0 Å². The minimum Gasteiger partial charge on any atom is -0.391 e. The number of ether oxygens (including phenoxy) is 1. The van der Waals surface area contributed by atoms with E-state index in [0.717, 1.165) is 25.9 Å². The molecule has 1 heterocycles. The number of rotatable bonds is 1. The Morgan fingerprint density at radius 1 is 1.15 bits per heavy atom. The molecule has 3 nitrogen and oxygen atoms in total.